The predicted octanol–water partition coefficient (Wildman–Crippen LogP) is 2.99. The lowest BCUT2D eigenvalue weighted by Gasteiger charge is -2.03. The molecule has 2 rings (SSSR count). The summed E-state index contributed by atoms with van der Waals surface area (Å²) < 4.78 is 0. The van der Waals surface area contributed by atoms with E-state index in [0.29, 0.717) is 6.54 Å². The van der Waals surface area contributed by atoms with Crippen molar-refractivity contribution >= 4 is 17.0 Å². The maximum atomic E-state index is 10.6. The molecule has 0 fully saturated rings. The summed E-state index contributed by atoms with van der Waals surface area (Å²) in [6.45, 7) is 1.54. The van der Waals surface area contributed by atoms with Gasteiger partial charge in [-0.15, -0.1) is 11.3 Å². The minimum atomic E-state index is -0.366. The molecule has 1 N–H and O–H groups in total. The monoisotopic (exact) mass is 262 g/mol. The first-order valence-corrected chi connectivity index (χ1v) is 6.60. The van der Waals surface area contributed by atoms with Gasteiger partial charge < -0.3 is 5.32 Å². The summed E-state index contributed by atoms with van der Waals surface area (Å²) in [5.41, 5.74) is 1.09. The maximum Gasteiger partial charge on any atom is 0.269 e. The Morgan fingerprint density at radius 2 is 2.17 bits per heavy atom. The van der Waals surface area contributed by atoms with Gasteiger partial charge in [0.15, 0.2) is 0 Å². The third kappa shape index (κ3) is 3.65. The molecular formula is C13H14N2O2S. The van der Waals surface area contributed by atoms with Crippen LogP contribution >= 0.6 is 11.3 Å². The Morgan fingerprint density at radius 3 is 2.89 bits per heavy atom. The molecule has 0 unspecified atom stereocenters. The summed E-state index contributed by atoms with van der Waals surface area (Å²) in [6.07, 6.45) is 0.993. The average molecular weight is 262 g/mol. The Kier molecular flexibility index (Phi) is 4.44. The lowest BCUT2D eigenvalue weighted by atomic mass is 10.2. The van der Waals surface area contributed by atoms with Crippen LogP contribution in [0.25, 0.3) is 0 Å². The molecule has 0 bridgehead atoms. The standard InChI is InChI=1S/C13H14N2O2S/c16-15(17)12-4-1-3-11(9-12)10-14-7-6-13-5-2-8-18-13/h1-5,8-9,14H,6-7,10H2. The number of nitrogens with zero attached hydrogens (tertiary/aromatic N) is 1. The molecule has 1 aromatic carbocycles. The molecule has 0 aliphatic carbocycles. The van der Waals surface area contributed by atoms with Crippen molar-refractivity contribution in [3.05, 3.63) is 62.3 Å². The van der Waals surface area contributed by atoms with Crippen LogP contribution in [0.1, 0.15) is 10.4 Å². The summed E-state index contributed by atoms with van der Waals surface area (Å²) in [5.74, 6) is 0. The third-order valence-corrected chi connectivity index (χ3v) is 3.51. The quantitative estimate of drug-likeness (QED) is 0.494. The lowest BCUT2D eigenvalue weighted by Crippen LogP contribution is -2.16. The first kappa shape index (κ1) is 12.7. The van der Waals surface area contributed by atoms with Crippen LogP contribution < -0.4 is 5.32 Å². The first-order valence-electron chi connectivity index (χ1n) is 5.72. The Labute approximate surface area is 109 Å². The molecule has 94 valence electrons. The minimum Gasteiger partial charge on any atom is -0.312 e. The van der Waals surface area contributed by atoms with Gasteiger partial charge in [0.2, 0.25) is 0 Å². The molecule has 0 spiro atoms. The van der Waals surface area contributed by atoms with Crippen molar-refractivity contribution in [3.8, 4) is 0 Å². The lowest BCUT2D eigenvalue weighted by molar-refractivity contribution is -0.384. The first-order chi connectivity index (χ1) is 8.75. The summed E-state index contributed by atoms with van der Waals surface area (Å²) in [6, 6.07) is 10.9. The number of hydrogen-bond donors (Lipinski definition) is 1. The molecule has 0 saturated heterocycles. The van der Waals surface area contributed by atoms with Crippen molar-refractivity contribution in [2.75, 3.05) is 6.54 Å². The fourth-order valence-corrected chi connectivity index (χ4v) is 2.39. The summed E-state index contributed by atoms with van der Waals surface area (Å²) >= 11 is 1.75. The second-order valence-corrected chi connectivity index (χ2v) is 4.97. The zero-order valence-electron chi connectivity index (χ0n) is 9.83. The van der Waals surface area contributed by atoms with Gasteiger partial charge >= 0.3 is 0 Å². The molecule has 1 aromatic heterocycles. The highest BCUT2D eigenvalue weighted by molar-refractivity contribution is 7.09. The number of nitro benzene ring substituents is 1. The molecule has 1 heterocycles. The van der Waals surface area contributed by atoms with Gasteiger partial charge in [0, 0.05) is 30.1 Å². The zero-order chi connectivity index (χ0) is 12.8. The molecule has 0 atom stereocenters. The van der Waals surface area contributed by atoms with Gasteiger partial charge in [-0.25, -0.2) is 0 Å². The van der Waals surface area contributed by atoms with E-state index in [1.54, 1.807) is 23.5 Å². The number of thiophene rings is 1. The van der Waals surface area contributed by atoms with Crippen molar-refractivity contribution in [1.29, 1.82) is 0 Å². The SMILES string of the molecule is O=[N+]([O-])c1cccc(CNCCc2cccs2)c1. The van der Waals surface area contributed by atoms with Gasteiger partial charge in [0.1, 0.15) is 0 Å². The van der Waals surface area contributed by atoms with Gasteiger partial charge in [-0.1, -0.05) is 18.2 Å². The molecule has 2 aromatic rings. The van der Waals surface area contributed by atoms with Gasteiger partial charge in [0.25, 0.3) is 5.69 Å². The number of nitro groups is 1. The molecule has 4 nitrogen and oxygen atoms in total. The van der Waals surface area contributed by atoms with Crippen LogP contribution in [0.15, 0.2) is 41.8 Å². The smallest absolute Gasteiger partial charge is 0.269 e. The van der Waals surface area contributed by atoms with Crippen LogP contribution in [0.4, 0.5) is 5.69 Å². The predicted molar refractivity (Wildman–Crippen MR) is 72.8 cm³/mol. The van der Waals surface area contributed by atoms with Crippen LogP contribution in [0.2, 0.25) is 0 Å². The Morgan fingerprint density at radius 1 is 1.28 bits per heavy atom. The molecule has 0 radical (unpaired) electrons. The normalized spacial score (nSPS) is 10.4. The van der Waals surface area contributed by atoms with Crippen LogP contribution in [-0.2, 0) is 13.0 Å². The number of nitrogens with one attached hydrogen (secondary N) is 1. The highest BCUT2D eigenvalue weighted by atomic mass is 32.1. The van der Waals surface area contributed by atoms with Crippen molar-refractivity contribution in [1.82, 2.24) is 5.32 Å². The molecular weight excluding hydrogens is 248 g/mol. The number of non-ortho nitro benzene ring substituents is 1. The topological polar surface area (TPSA) is 55.2 Å². The number of rotatable bonds is 6. The second-order valence-electron chi connectivity index (χ2n) is 3.93. The van der Waals surface area contributed by atoms with Crippen LogP contribution in [0.5, 0.6) is 0 Å². The molecule has 0 aliphatic rings. The second kappa shape index (κ2) is 6.28. The van der Waals surface area contributed by atoms with Crippen molar-refractivity contribution in [2.45, 2.75) is 13.0 Å². The average Bonchev–Trinajstić information content (AvgIpc) is 2.88. The van der Waals surface area contributed by atoms with E-state index in [0.717, 1.165) is 18.5 Å². The molecule has 18 heavy (non-hydrogen) atoms. The number of benzene rings is 1. The summed E-state index contributed by atoms with van der Waals surface area (Å²) in [4.78, 5) is 11.6. The highest BCUT2D eigenvalue weighted by Gasteiger charge is 2.04. The zero-order valence-corrected chi connectivity index (χ0v) is 10.7. The van der Waals surface area contributed by atoms with E-state index >= 15 is 0 Å². The Bertz CT molecular complexity index is 511. The van der Waals surface area contributed by atoms with E-state index in [4.69, 9.17) is 0 Å². The summed E-state index contributed by atoms with van der Waals surface area (Å²) in [5, 5.41) is 16.0. The molecule has 0 amide bonds. The van der Waals surface area contributed by atoms with E-state index in [1.807, 2.05) is 12.1 Å². The largest absolute Gasteiger partial charge is 0.312 e. The van der Waals surface area contributed by atoms with Crippen LogP contribution in [0.3, 0.4) is 0 Å². The van der Waals surface area contributed by atoms with E-state index < -0.39 is 0 Å². The van der Waals surface area contributed by atoms with E-state index in [2.05, 4.69) is 16.8 Å². The van der Waals surface area contributed by atoms with E-state index in [-0.39, 0.29) is 10.6 Å². The highest BCUT2D eigenvalue weighted by Crippen LogP contribution is 2.13. The number of hydrogen-bond acceptors (Lipinski definition) is 4. The van der Waals surface area contributed by atoms with E-state index in [1.165, 1.54) is 10.9 Å². The van der Waals surface area contributed by atoms with Crippen molar-refractivity contribution in [3.63, 3.8) is 0 Å². The van der Waals surface area contributed by atoms with Crippen LogP contribution in [-0.4, -0.2) is 11.5 Å². The van der Waals surface area contributed by atoms with Crippen LogP contribution in [0, 0.1) is 10.1 Å². The summed E-state index contributed by atoms with van der Waals surface area (Å²) in [7, 11) is 0. The Balaban J connectivity index is 1.79. The van der Waals surface area contributed by atoms with Crippen molar-refractivity contribution < 1.29 is 4.92 Å². The third-order valence-electron chi connectivity index (χ3n) is 2.58. The van der Waals surface area contributed by atoms with Gasteiger partial charge in [0.05, 0.1) is 4.92 Å². The molecule has 5 heteroatoms. The minimum absolute atomic E-state index is 0.146. The van der Waals surface area contributed by atoms with Gasteiger partial charge in [-0.05, 0) is 23.4 Å². The fraction of sp³-hybridized carbons (Fsp3) is 0.231. The Hall–Kier alpha value is -1.72. The maximum absolute atomic E-state index is 10.6. The molecule has 0 saturated carbocycles. The van der Waals surface area contributed by atoms with Gasteiger partial charge in [-0.2, -0.15) is 0 Å². The van der Waals surface area contributed by atoms with Gasteiger partial charge in [-0.3, -0.25) is 10.1 Å². The fourth-order valence-electron chi connectivity index (χ4n) is 1.68. The van der Waals surface area contributed by atoms with Crippen molar-refractivity contribution in [2.24, 2.45) is 0 Å². The molecule has 0 aliphatic heterocycles. The van der Waals surface area contributed by atoms with E-state index in [9.17, 15) is 10.1 Å².